The number of hydrogen-bond donors (Lipinski definition) is 1. The smallest absolute Gasteiger partial charge is 0.252 e. The Kier molecular flexibility index (Phi) is 3.39. The lowest BCUT2D eigenvalue weighted by Gasteiger charge is -2.32. The van der Waals surface area contributed by atoms with Gasteiger partial charge in [0.1, 0.15) is 5.65 Å². The van der Waals surface area contributed by atoms with Gasteiger partial charge in [-0.2, -0.15) is 0 Å². The van der Waals surface area contributed by atoms with Gasteiger partial charge in [0.05, 0.1) is 6.04 Å². The van der Waals surface area contributed by atoms with Crippen molar-refractivity contribution in [3.05, 3.63) is 44.5 Å². The number of rotatable bonds is 2. The van der Waals surface area contributed by atoms with Gasteiger partial charge in [-0.25, -0.2) is 0 Å². The zero-order valence-corrected chi connectivity index (χ0v) is 13.4. The standard InChI is InChI=1S/C17H22N4O2/c1-11-8-16(23)20-10-13(9-19-6-4-12(18)5-7-19)21-15(22)3-2-14(11)17(20)21/h2-3,8,12-13H,4-7,9-10,18H2,1H3/t13-/m1/s1. The summed E-state index contributed by atoms with van der Waals surface area (Å²) in [5.41, 5.74) is 7.64. The van der Waals surface area contributed by atoms with Crippen molar-refractivity contribution in [1.82, 2.24) is 14.0 Å². The Balaban J connectivity index is 1.75. The third-order valence-electron chi connectivity index (χ3n) is 5.25. The molecule has 6 heteroatoms. The maximum atomic E-state index is 12.4. The first-order valence-electron chi connectivity index (χ1n) is 8.28. The monoisotopic (exact) mass is 314 g/mol. The van der Waals surface area contributed by atoms with Crippen LogP contribution in [0.1, 0.15) is 24.4 Å². The minimum Gasteiger partial charge on any atom is -0.328 e. The number of nitrogens with two attached hydrogens (primary N) is 1. The lowest BCUT2D eigenvalue weighted by Crippen LogP contribution is -2.43. The molecule has 2 aliphatic rings. The highest BCUT2D eigenvalue weighted by atomic mass is 16.1. The number of likely N-dealkylation sites (tertiary alicyclic amines) is 1. The van der Waals surface area contributed by atoms with E-state index in [4.69, 9.17) is 5.73 Å². The lowest BCUT2D eigenvalue weighted by molar-refractivity contribution is 0.183. The Bertz CT molecular complexity index is 875. The van der Waals surface area contributed by atoms with Crippen LogP contribution < -0.4 is 16.9 Å². The first-order chi connectivity index (χ1) is 11.0. The molecular weight excluding hydrogens is 292 g/mol. The summed E-state index contributed by atoms with van der Waals surface area (Å²) in [6.07, 6.45) is 2.00. The largest absolute Gasteiger partial charge is 0.328 e. The molecule has 2 aromatic rings. The fourth-order valence-corrected chi connectivity index (χ4v) is 3.97. The average molecular weight is 314 g/mol. The normalized spacial score (nSPS) is 22.1. The molecule has 0 bridgehead atoms. The van der Waals surface area contributed by atoms with Crippen molar-refractivity contribution < 1.29 is 0 Å². The predicted octanol–water partition coefficient (Wildman–Crippen LogP) is 0.449. The van der Waals surface area contributed by atoms with Crippen LogP contribution in [0.25, 0.3) is 11.0 Å². The molecule has 23 heavy (non-hydrogen) atoms. The van der Waals surface area contributed by atoms with E-state index in [1.54, 1.807) is 16.7 Å². The lowest BCUT2D eigenvalue weighted by atomic mass is 10.1. The molecule has 0 spiro atoms. The maximum absolute atomic E-state index is 12.4. The van der Waals surface area contributed by atoms with Gasteiger partial charge in [-0.1, -0.05) is 0 Å². The third-order valence-corrected chi connectivity index (χ3v) is 5.25. The Morgan fingerprint density at radius 1 is 1.17 bits per heavy atom. The van der Waals surface area contributed by atoms with Crippen LogP contribution >= 0.6 is 0 Å². The summed E-state index contributed by atoms with van der Waals surface area (Å²) in [5, 5.41) is 0.993. The van der Waals surface area contributed by atoms with Gasteiger partial charge in [0, 0.05) is 36.7 Å². The third kappa shape index (κ3) is 2.33. The van der Waals surface area contributed by atoms with Crippen LogP contribution in [0.4, 0.5) is 0 Å². The SMILES string of the molecule is Cc1cc(=O)n2c3c1ccc(=O)n3[C@H](CN1CCC(N)CC1)C2. The predicted molar refractivity (Wildman–Crippen MR) is 89.9 cm³/mol. The Hall–Kier alpha value is -1.92. The molecule has 0 aromatic carbocycles. The van der Waals surface area contributed by atoms with Crippen molar-refractivity contribution in [2.75, 3.05) is 19.6 Å². The fraction of sp³-hybridized carbons (Fsp3) is 0.529. The Morgan fingerprint density at radius 2 is 1.91 bits per heavy atom. The number of pyridine rings is 2. The topological polar surface area (TPSA) is 73.3 Å². The van der Waals surface area contributed by atoms with Crippen LogP contribution in [0.5, 0.6) is 0 Å². The summed E-state index contributed by atoms with van der Waals surface area (Å²) in [4.78, 5) is 27.1. The second kappa shape index (κ2) is 5.32. The quantitative estimate of drug-likeness (QED) is 0.873. The van der Waals surface area contributed by atoms with E-state index in [0.29, 0.717) is 12.6 Å². The van der Waals surface area contributed by atoms with Gasteiger partial charge >= 0.3 is 0 Å². The first-order valence-corrected chi connectivity index (χ1v) is 8.28. The van der Waals surface area contributed by atoms with Gasteiger partial charge < -0.3 is 10.6 Å². The summed E-state index contributed by atoms with van der Waals surface area (Å²) >= 11 is 0. The molecule has 0 radical (unpaired) electrons. The molecule has 2 aromatic heterocycles. The van der Waals surface area contributed by atoms with Crippen molar-refractivity contribution in [3.63, 3.8) is 0 Å². The van der Waals surface area contributed by atoms with Gasteiger partial charge in [-0.05, 0) is 44.5 Å². The number of hydrogen-bond acceptors (Lipinski definition) is 4. The minimum atomic E-state index is -0.0209. The molecule has 2 aliphatic heterocycles. The molecule has 4 heterocycles. The first kappa shape index (κ1) is 14.7. The number of piperidine rings is 1. The molecule has 4 rings (SSSR count). The highest BCUT2D eigenvalue weighted by molar-refractivity contribution is 5.80. The van der Waals surface area contributed by atoms with Crippen molar-refractivity contribution in [1.29, 1.82) is 0 Å². The van der Waals surface area contributed by atoms with Gasteiger partial charge in [0.15, 0.2) is 0 Å². The van der Waals surface area contributed by atoms with Crippen LogP contribution in [-0.4, -0.2) is 39.7 Å². The minimum absolute atomic E-state index is 0.0162. The summed E-state index contributed by atoms with van der Waals surface area (Å²) in [5.74, 6) is 0. The summed E-state index contributed by atoms with van der Waals surface area (Å²) in [6.45, 7) is 5.23. The van der Waals surface area contributed by atoms with E-state index in [9.17, 15) is 9.59 Å². The van der Waals surface area contributed by atoms with Gasteiger partial charge in [0.2, 0.25) is 0 Å². The van der Waals surface area contributed by atoms with Crippen molar-refractivity contribution in [2.45, 2.75) is 38.4 Å². The fourth-order valence-electron chi connectivity index (χ4n) is 3.97. The zero-order valence-electron chi connectivity index (χ0n) is 13.4. The van der Waals surface area contributed by atoms with Crippen LogP contribution in [0.2, 0.25) is 0 Å². The van der Waals surface area contributed by atoms with Gasteiger partial charge in [0.25, 0.3) is 11.1 Å². The summed E-state index contributed by atoms with van der Waals surface area (Å²) in [7, 11) is 0. The van der Waals surface area contributed by atoms with E-state index >= 15 is 0 Å². The molecule has 0 unspecified atom stereocenters. The Morgan fingerprint density at radius 3 is 2.65 bits per heavy atom. The van der Waals surface area contributed by atoms with Crippen molar-refractivity contribution in [3.8, 4) is 0 Å². The molecule has 1 fully saturated rings. The summed E-state index contributed by atoms with van der Waals surface area (Å²) < 4.78 is 3.57. The van der Waals surface area contributed by atoms with Gasteiger partial charge in [-0.15, -0.1) is 0 Å². The van der Waals surface area contributed by atoms with Crippen LogP contribution in [0.15, 0.2) is 27.8 Å². The molecule has 6 nitrogen and oxygen atoms in total. The van der Waals surface area contributed by atoms with E-state index < -0.39 is 0 Å². The molecule has 0 aliphatic carbocycles. The van der Waals surface area contributed by atoms with E-state index in [2.05, 4.69) is 4.90 Å². The highest BCUT2D eigenvalue weighted by Crippen LogP contribution is 2.26. The van der Waals surface area contributed by atoms with Crippen molar-refractivity contribution in [2.24, 2.45) is 5.73 Å². The molecular formula is C17H22N4O2. The molecule has 122 valence electrons. The van der Waals surface area contributed by atoms with Gasteiger partial charge in [-0.3, -0.25) is 18.7 Å². The maximum Gasteiger partial charge on any atom is 0.252 e. The number of aromatic nitrogens is 2. The molecule has 0 amide bonds. The van der Waals surface area contributed by atoms with E-state index in [0.717, 1.165) is 49.1 Å². The second-order valence-electron chi connectivity index (χ2n) is 6.85. The Labute approximate surface area is 134 Å². The molecule has 0 saturated carbocycles. The molecule has 1 saturated heterocycles. The average Bonchev–Trinajstić information content (AvgIpc) is 2.90. The van der Waals surface area contributed by atoms with Crippen LogP contribution in [0, 0.1) is 6.92 Å². The van der Waals surface area contributed by atoms with E-state index in [1.807, 2.05) is 17.6 Å². The number of aryl methyl sites for hydroxylation is 1. The van der Waals surface area contributed by atoms with Crippen molar-refractivity contribution >= 4 is 11.0 Å². The van der Waals surface area contributed by atoms with Crippen LogP contribution in [-0.2, 0) is 6.54 Å². The number of nitrogens with zero attached hydrogens (tertiary/aromatic N) is 3. The second-order valence-corrected chi connectivity index (χ2v) is 6.85. The molecule has 2 N–H and O–H groups in total. The zero-order chi connectivity index (χ0) is 16.1. The summed E-state index contributed by atoms with van der Waals surface area (Å²) in [6, 6.07) is 5.44. The van der Waals surface area contributed by atoms with E-state index in [-0.39, 0.29) is 17.2 Å². The van der Waals surface area contributed by atoms with Crippen LogP contribution in [0.3, 0.4) is 0 Å². The van der Waals surface area contributed by atoms with E-state index in [1.165, 1.54) is 0 Å². The molecule has 1 atom stereocenters. The highest BCUT2D eigenvalue weighted by Gasteiger charge is 2.29.